The smallest absolute Gasteiger partial charge is 0.102 e. The van der Waals surface area contributed by atoms with Crippen LogP contribution in [-0.2, 0) is 0 Å². The van der Waals surface area contributed by atoms with Gasteiger partial charge in [-0.15, -0.1) is 0 Å². The number of hydrogen-bond acceptors (Lipinski definition) is 3. The van der Waals surface area contributed by atoms with E-state index >= 15 is 0 Å². The second kappa shape index (κ2) is 6.52. The molecule has 0 bridgehead atoms. The first-order valence-electron chi connectivity index (χ1n) is 8.33. The lowest BCUT2D eigenvalue weighted by atomic mass is 9.99. The summed E-state index contributed by atoms with van der Waals surface area (Å²) in [6.07, 6.45) is 2.61. The Bertz CT molecular complexity index is 735. The van der Waals surface area contributed by atoms with Gasteiger partial charge in [-0.25, -0.2) is 0 Å². The van der Waals surface area contributed by atoms with Gasteiger partial charge in [-0.1, -0.05) is 24.3 Å². The molecule has 0 N–H and O–H groups in total. The maximum absolute atomic E-state index is 9.44. The fourth-order valence-electron chi connectivity index (χ4n) is 3.45. The van der Waals surface area contributed by atoms with Crippen molar-refractivity contribution >= 4 is 0 Å². The van der Waals surface area contributed by atoms with Gasteiger partial charge in [0.2, 0.25) is 0 Å². The zero-order valence-electron chi connectivity index (χ0n) is 14.1. The van der Waals surface area contributed by atoms with E-state index in [1.165, 1.54) is 31.5 Å². The van der Waals surface area contributed by atoms with E-state index in [1.54, 1.807) is 0 Å². The van der Waals surface area contributed by atoms with E-state index in [1.807, 2.05) is 19.9 Å². The van der Waals surface area contributed by atoms with Crippen molar-refractivity contribution in [1.82, 2.24) is 9.88 Å². The van der Waals surface area contributed by atoms with Crippen LogP contribution in [0.3, 0.4) is 0 Å². The minimum absolute atomic E-state index is 0.453. The Morgan fingerprint density at radius 1 is 1.13 bits per heavy atom. The van der Waals surface area contributed by atoms with Crippen LogP contribution in [0.2, 0.25) is 0 Å². The van der Waals surface area contributed by atoms with Crippen LogP contribution in [0.4, 0.5) is 0 Å². The number of aromatic nitrogens is 1. The monoisotopic (exact) mass is 305 g/mol. The van der Waals surface area contributed by atoms with Crippen molar-refractivity contribution in [1.29, 1.82) is 5.26 Å². The van der Waals surface area contributed by atoms with Gasteiger partial charge in [-0.2, -0.15) is 5.26 Å². The Morgan fingerprint density at radius 2 is 1.78 bits per heavy atom. The first-order chi connectivity index (χ1) is 11.1. The molecule has 1 fully saturated rings. The number of nitriles is 1. The summed E-state index contributed by atoms with van der Waals surface area (Å²) in [5.74, 6) is 0. The summed E-state index contributed by atoms with van der Waals surface area (Å²) in [7, 11) is 0. The third-order valence-corrected chi connectivity index (χ3v) is 4.81. The number of rotatable bonds is 3. The average molecular weight is 305 g/mol. The normalized spacial score (nSPS) is 16.3. The molecule has 0 unspecified atom stereocenters. The second-order valence-corrected chi connectivity index (χ2v) is 6.46. The van der Waals surface area contributed by atoms with E-state index in [0.717, 1.165) is 22.5 Å². The molecule has 0 radical (unpaired) electrons. The van der Waals surface area contributed by atoms with Gasteiger partial charge in [0, 0.05) is 17.3 Å². The van der Waals surface area contributed by atoms with Crippen LogP contribution in [0.1, 0.15) is 48.2 Å². The number of nitrogens with zero attached hydrogens (tertiary/aromatic N) is 3. The molecule has 23 heavy (non-hydrogen) atoms. The van der Waals surface area contributed by atoms with Crippen molar-refractivity contribution in [3.05, 3.63) is 52.7 Å². The molecule has 1 atom stereocenters. The maximum atomic E-state index is 9.44. The number of aryl methyl sites for hydroxylation is 2. The standard InChI is InChI=1S/C20H23N3/c1-14-12-15(2)22-20(19(14)13-21)18-8-6-17(7-9-18)16(3)23-10-4-5-11-23/h6-9,12,16H,4-5,10-11H2,1-3H3/t16-/m0/s1. The Morgan fingerprint density at radius 3 is 2.39 bits per heavy atom. The van der Waals surface area contributed by atoms with E-state index in [0.29, 0.717) is 11.6 Å². The highest BCUT2D eigenvalue weighted by Crippen LogP contribution is 2.28. The number of hydrogen-bond donors (Lipinski definition) is 0. The summed E-state index contributed by atoms with van der Waals surface area (Å²) < 4.78 is 0. The van der Waals surface area contributed by atoms with Gasteiger partial charge in [-0.05, 0) is 63.9 Å². The van der Waals surface area contributed by atoms with E-state index in [4.69, 9.17) is 0 Å². The van der Waals surface area contributed by atoms with Gasteiger partial charge >= 0.3 is 0 Å². The lowest BCUT2D eigenvalue weighted by molar-refractivity contribution is 0.263. The highest BCUT2D eigenvalue weighted by molar-refractivity contribution is 5.68. The van der Waals surface area contributed by atoms with Crippen LogP contribution >= 0.6 is 0 Å². The zero-order valence-corrected chi connectivity index (χ0v) is 14.1. The summed E-state index contributed by atoms with van der Waals surface area (Å²) in [5, 5.41) is 9.44. The molecule has 118 valence electrons. The fourth-order valence-corrected chi connectivity index (χ4v) is 3.45. The molecule has 1 aromatic heterocycles. The highest BCUT2D eigenvalue weighted by atomic mass is 15.2. The van der Waals surface area contributed by atoms with Crippen molar-refractivity contribution in [3.8, 4) is 17.3 Å². The quantitative estimate of drug-likeness (QED) is 0.844. The van der Waals surface area contributed by atoms with Crippen molar-refractivity contribution < 1.29 is 0 Å². The third-order valence-electron chi connectivity index (χ3n) is 4.81. The first-order valence-corrected chi connectivity index (χ1v) is 8.33. The largest absolute Gasteiger partial charge is 0.297 e. The van der Waals surface area contributed by atoms with Gasteiger partial charge in [0.05, 0.1) is 11.3 Å². The molecule has 1 saturated heterocycles. The summed E-state index contributed by atoms with van der Waals surface area (Å²) in [6, 6.07) is 13.3. The lowest BCUT2D eigenvalue weighted by Gasteiger charge is -2.24. The molecule has 2 heterocycles. The van der Waals surface area contributed by atoms with E-state index < -0.39 is 0 Å². The van der Waals surface area contributed by atoms with Crippen LogP contribution in [-0.4, -0.2) is 23.0 Å². The lowest BCUT2D eigenvalue weighted by Crippen LogP contribution is -2.23. The average Bonchev–Trinajstić information content (AvgIpc) is 3.08. The molecule has 3 nitrogen and oxygen atoms in total. The van der Waals surface area contributed by atoms with Crippen molar-refractivity contribution in [2.45, 2.75) is 39.7 Å². The summed E-state index contributed by atoms with van der Waals surface area (Å²) in [4.78, 5) is 7.13. The molecule has 1 aliphatic rings. The van der Waals surface area contributed by atoms with E-state index in [2.05, 4.69) is 47.1 Å². The molecular weight excluding hydrogens is 282 g/mol. The minimum Gasteiger partial charge on any atom is -0.297 e. The molecule has 2 aromatic rings. The van der Waals surface area contributed by atoms with Crippen LogP contribution in [0.15, 0.2) is 30.3 Å². The molecular formula is C20H23N3. The zero-order chi connectivity index (χ0) is 16.4. The summed E-state index contributed by atoms with van der Waals surface area (Å²) >= 11 is 0. The van der Waals surface area contributed by atoms with Gasteiger partial charge in [0.15, 0.2) is 0 Å². The van der Waals surface area contributed by atoms with Crippen molar-refractivity contribution in [2.24, 2.45) is 0 Å². The Balaban J connectivity index is 1.92. The van der Waals surface area contributed by atoms with Gasteiger partial charge < -0.3 is 0 Å². The summed E-state index contributed by atoms with van der Waals surface area (Å²) in [5.41, 5.74) is 5.76. The molecule has 0 amide bonds. The Kier molecular flexibility index (Phi) is 4.45. The number of pyridine rings is 1. The number of benzene rings is 1. The van der Waals surface area contributed by atoms with Crippen molar-refractivity contribution in [3.63, 3.8) is 0 Å². The molecule has 1 aromatic carbocycles. The Hall–Kier alpha value is -2.18. The predicted molar refractivity (Wildman–Crippen MR) is 93.1 cm³/mol. The first kappa shape index (κ1) is 15.7. The van der Waals surface area contributed by atoms with Crippen molar-refractivity contribution in [2.75, 3.05) is 13.1 Å². The van der Waals surface area contributed by atoms with Crippen LogP contribution in [0, 0.1) is 25.2 Å². The van der Waals surface area contributed by atoms with Crippen LogP contribution in [0.25, 0.3) is 11.3 Å². The van der Waals surface area contributed by atoms with E-state index in [9.17, 15) is 5.26 Å². The molecule has 3 heteroatoms. The minimum atomic E-state index is 0.453. The van der Waals surface area contributed by atoms with Gasteiger partial charge in [0.25, 0.3) is 0 Å². The van der Waals surface area contributed by atoms with Gasteiger partial charge in [0.1, 0.15) is 6.07 Å². The highest BCUT2D eigenvalue weighted by Gasteiger charge is 2.19. The van der Waals surface area contributed by atoms with Crippen LogP contribution < -0.4 is 0 Å². The van der Waals surface area contributed by atoms with Crippen LogP contribution in [0.5, 0.6) is 0 Å². The van der Waals surface area contributed by atoms with Gasteiger partial charge in [-0.3, -0.25) is 9.88 Å². The van der Waals surface area contributed by atoms with E-state index in [-0.39, 0.29) is 0 Å². The summed E-state index contributed by atoms with van der Waals surface area (Å²) in [6.45, 7) is 8.61. The third kappa shape index (κ3) is 3.13. The second-order valence-electron chi connectivity index (χ2n) is 6.46. The number of likely N-dealkylation sites (tertiary alicyclic amines) is 1. The molecule has 3 rings (SSSR count). The molecule has 1 aliphatic heterocycles. The topological polar surface area (TPSA) is 39.9 Å². The molecule has 0 spiro atoms. The Labute approximate surface area is 138 Å². The molecule has 0 aliphatic carbocycles. The predicted octanol–water partition coefficient (Wildman–Crippen LogP) is 4.39. The fraction of sp³-hybridized carbons (Fsp3) is 0.400. The SMILES string of the molecule is Cc1cc(C)c(C#N)c(-c2ccc([C@H](C)N3CCCC3)cc2)n1. The molecule has 0 saturated carbocycles. The maximum Gasteiger partial charge on any atom is 0.102 e.